The fourth-order valence-corrected chi connectivity index (χ4v) is 1.55. The minimum Gasteiger partial charge on any atom is -0.395 e. The van der Waals surface area contributed by atoms with E-state index < -0.39 is 0 Å². The maximum atomic E-state index is 8.96. The molecule has 0 aliphatic rings. The normalized spacial score (nSPS) is 15.5. The van der Waals surface area contributed by atoms with Gasteiger partial charge in [0.15, 0.2) is 0 Å². The van der Waals surface area contributed by atoms with Crippen LogP contribution in [-0.2, 0) is 0 Å². The maximum Gasteiger partial charge on any atom is 0.0584 e. The van der Waals surface area contributed by atoms with Crippen LogP contribution < -0.4 is 0 Å². The molecule has 0 aromatic rings. The molecule has 0 heterocycles. The summed E-state index contributed by atoms with van der Waals surface area (Å²) in [6.45, 7) is 11.9. The van der Waals surface area contributed by atoms with Gasteiger partial charge in [-0.25, -0.2) is 0 Å². The van der Waals surface area contributed by atoms with E-state index >= 15 is 0 Å². The fraction of sp³-hybridized carbons (Fsp3) is 1.00. The highest BCUT2D eigenvalue weighted by molar-refractivity contribution is 4.79. The lowest BCUT2D eigenvalue weighted by molar-refractivity contribution is 0.0606. The van der Waals surface area contributed by atoms with Crippen molar-refractivity contribution in [2.45, 2.75) is 46.2 Å². The third kappa shape index (κ3) is 3.21. The molecule has 68 valence electrons. The van der Waals surface area contributed by atoms with E-state index in [2.05, 4.69) is 39.5 Å². The maximum absolute atomic E-state index is 8.96. The Morgan fingerprint density at radius 1 is 1.36 bits per heavy atom. The lowest BCUT2D eigenvalue weighted by Crippen LogP contribution is -2.48. The van der Waals surface area contributed by atoms with Crippen molar-refractivity contribution in [1.82, 2.24) is 4.90 Å². The highest BCUT2D eigenvalue weighted by Gasteiger charge is 2.23. The molecule has 0 amide bonds. The Bertz CT molecular complexity index is 107. The lowest BCUT2D eigenvalue weighted by atomic mass is 10.0. The highest BCUT2D eigenvalue weighted by Crippen LogP contribution is 2.15. The third-order valence-electron chi connectivity index (χ3n) is 2.00. The highest BCUT2D eigenvalue weighted by atomic mass is 16.3. The standard InChI is InChI=1S/C9H21NO/c1-6-10(8(2)7-11)9(3,4)5/h8,11H,6-7H2,1-5H3. The number of aliphatic hydroxyl groups is 1. The van der Waals surface area contributed by atoms with Gasteiger partial charge in [0, 0.05) is 11.6 Å². The Hall–Kier alpha value is -0.0800. The molecule has 0 bridgehead atoms. The van der Waals surface area contributed by atoms with Crippen molar-refractivity contribution < 1.29 is 5.11 Å². The van der Waals surface area contributed by atoms with Crippen LogP contribution in [0.25, 0.3) is 0 Å². The van der Waals surface area contributed by atoms with Gasteiger partial charge in [0.25, 0.3) is 0 Å². The summed E-state index contributed by atoms with van der Waals surface area (Å²) in [5.41, 5.74) is 0.164. The Balaban J connectivity index is 4.16. The molecule has 1 unspecified atom stereocenters. The molecule has 0 aliphatic heterocycles. The zero-order valence-electron chi connectivity index (χ0n) is 8.39. The van der Waals surface area contributed by atoms with E-state index in [4.69, 9.17) is 5.11 Å². The summed E-state index contributed by atoms with van der Waals surface area (Å²) < 4.78 is 0. The first kappa shape index (κ1) is 10.9. The van der Waals surface area contributed by atoms with E-state index in [1.54, 1.807) is 0 Å². The van der Waals surface area contributed by atoms with Crippen LogP contribution in [0.15, 0.2) is 0 Å². The van der Waals surface area contributed by atoms with Gasteiger partial charge in [0.2, 0.25) is 0 Å². The predicted molar refractivity (Wildman–Crippen MR) is 48.7 cm³/mol. The van der Waals surface area contributed by atoms with Crippen LogP contribution in [0.4, 0.5) is 0 Å². The molecular weight excluding hydrogens is 138 g/mol. The van der Waals surface area contributed by atoms with Crippen molar-refractivity contribution in [2.24, 2.45) is 0 Å². The largest absolute Gasteiger partial charge is 0.395 e. The quantitative estimate of drug-likeness (QED) is 0.674. The average Bonchev–Trinajstić information content (AvgIpc) is 1.86. The van der Waals surface area contributed by atoms with Crippen LogP contribution in [0.1, 0.15) is 34.6 Å². The Kier molecular flexibility index (Phi) is 4.04. The van der Waals surface area contributed by atoms with Crippen molar-refractivity contribution in [3.63, 3.8) is 0 Å². The minimum atomic E-state index is 0.164. The number of hydrogen-bond donors (Lipinski definition) is 1. The first-order valence-electron chi connectivity index (χ1n) is 4.31. The van der Waals surface area contributed by atoms with Gasteiger partial charge in [-0.1, -0.05) is 6.92 Å². The zero-order valence-corrected chi connectivity index (χ0v) is 8.39. The second-order valence-corrected chi connectivity index (χ2v) is 3.99. The number of likely N-dealkylation sites (N-methyl/N-ethyl adjacent to an activating group) is 1. The number of hydrogen-bond acceptors (Lipinski definition) is 2. The summed E-state index contributed by atoms with van der Waals surface area (Å²) in [6.07, 6.45) is 0. The van der Waals surface area contributed by atoms with Crippen LogP contribution in [0.2, 0.25) is 0 Å². The second-order valence-electron chi connectivity index (χ2n) is 3.99. The summed E-state index contributed by atoms with van der Waals surface area (Å²) in [5, 5.41) is 8.96. The minimum absolute atomic E-state index is 0.164. The third-order valence-corrected chi connectivity index (χ3v) is 2.00. The summed E-state index contributed by atoms with van der Waals surface area (Å²) >= 11 is 0. The van der Waals surface area contributed by atoms with Crippen LogP contribution in [-0.4, -0.2) is 34.7 Å². The zero-order chi connectivity index (χ0) is 9.07. The Morgan fingerprint density at radius 2 is 1.82 bits per heavy atom. The molecule has 11 heavy (non-hydrogen) atoms. The molecule has 0 aromatic carbocycles. The summed E-state index contributed by atoms with van der Waals surface area (Å²) in [6, 6.07) is 0.264. The van der Waals surface area contributed by atoms with E-state index in [1.807, 2.05) is 0 Å². The molecule has 0 saturated carbocycles. The molecule has 0 saturated heterocycles. The lowest BCUT2D eigenvalue weighted by Gasteiger charge is -2.38. The van der Waals surface area contributed by atoms with Crippen LogP contribution >= 0.6 is 0 Å². The first-order chi connectivity index (χ1) is 4.93. The van der Waals surface area contributed by atoms with Gasteiger partial charge in [-0.3, -0.25) is 4.90 Å². The summed E-state index contributed by atoms with van der Waals surface area (Å²) in [7, 11) is 0. The van der Waals surface area contributed by atoms with E-state index in [1.165, 1.54) is 0 Å². The molecule has 0 rings (SSSR count). The summed E-state index contributed by atoms with van der Waals surface area (Å²) in [5.74, 6) is 0. The van der Waals surface area contributed by atoms with Crippen molar-refractivity contribution in [2.75, 3.05) is 13.2 Å². The molecule has 2 heteroatoms. The Labute approximate surface area is 70.2 Å². The molecule has 0 fully saturated rings. The predicted octanol–water partition coefficient (Wildman–Crippen LogP) is 1.49. The van der Waals surface area contributed by atoms with E-state index in [9.17, 15) is 0 Å². The molecule has 0 radical (unpaired) electrons. The monoisotopic (exact) mass is 159 g/mol. The van der Waals surface area contributed by atoms with Crippen molar-refractivity contribution >= 4 is 0 Å². The number of rotatable bonds is 3. The van der Waals surface area contributed by atoms with Crippen molar-refractivity contribution in [1.29, 1.82) is 0 Å². The second kappa shape index (κ2) is 4.07. The van der Waals surface area contributed by atoms with E-state index in [0.717, 1.165) is 6.54 Å². The van der Waals surface area contributed by atoms with Gasteiger partial charge in [0.05, 0.1) is 6.61 Å². The topological polar surface area (TPSA) is 23.5 Å². The van der Waals surface area contributed by atoms with Gasteiger partial charge < -0.3 is 5.11 Å². The molecule has 0 aliphatic carbocycles. The molecule has 0 aromatic heterocycles. The smallest absolute Gasteiger partial charge is 0.0584 e. The molecule has 0 spiro atoms. The van der Waals surface area contributed by atoms with Gasteiger partial charge in [-0.2, -0.15) is 0 Å². The first-order valence-corrected chi connectivity index (χ1v) is 4.31. The van der Waals surface area contributed by atoms with Crippen LogP contribution in [0, 0.1) is 0 Å². The van der Waals surface area contributed by atoms with Crippen LogP contribution in [0.5, 0.6) is 0 Å². The van der Waals surface area contributed by atoms with Crippen molar-refractivity contribution in [3.05, 3.63) is 0 Å². The molecule has 2 nitrogen and oxygen atoms in total. The fourth-order valence-electron chi connectivity index (χ4n) is 1.55. The van der Waals surface area contributed by atoms with Gasteiger partial charge in [0.1, 0.15) is 0 Å². The molecular formula is C9H21NO. The van der Waals surface area contributed by atoms with Gasteiger partial charge >= 0.3 is 0 Å². The van der Waals surface area contributed by atoms with Crippen molar-refractivity contribution in [3.8, 4) is 0 Å². The molecule has 1 N–H and O–H groups in total. The average molecular weight is 159 g/mol. The Morgan fingerprint density at radius 3 is 1.91 bits per heavy atom. The SMILES string of the molecule is CCN(C(C)CO)C(C)(C)C. The number of nitrogens with zero attached hydrogens (tertiary/aromatic N) is 1. The van der Waals surface area contributed by atoms with Crippen LogP contribution in [0.3, 0.4) is 0 Å². The molecule has 1 atom stereocenters. The van der Waals surface area contributed by atoms with E-state index in [0.29, 0.717) is 0 Å². The van der Waals surface area contributed by atoms with Gasteiger partial charge in [-0.15, -0.1) is 0 Å². The van der Waals surface area contributed by atoms with E-state index in [-0.39, 0.29) is 18.2 Å². The number of aliphatic hydroxyl groups excluding tert-OH is 1. The summed E-state index contributed by atoms with van der Waals surface area (Å²) in [4.78, 5) is 2.28. The van der Waals surface area contributed by atoms with Gasteiger partial charge in [-0.05, 0) is 34.2 Å².